The molecule has 1 aliphatic heterocycles. The van der Waals surface area contributed by atoms with Crippen molar-refractivity contribution < 1.29 is 17.9 Å². The lowest BCUT2D eigenvalue weighted by Crippen LogP contribution is -2.40. The Hall–Kier alpha value is -2.89. The minimum Gasteiger partial charge on any atom is -0.379 e. The second-order valence-corrected chi connectivity index (χ2v) is 8.62. The predicted octanol–water partition coefficient (Wildman–Crippen LogP) is 1.01. The number of amides is 1. The first-order valence-corrected chi connectivity index (χ1v) is 10.5. The molecule has 1 saturated heterocycles. The number of hydrogen-bond donors (Lipinski definition) is 1. The molecule has 1 N–H and O–H groups in total. The van der Waals surface area contributed by atoms with Gasteiger partial charge in [0.15, 0.2) is 0 Å². The molecule has 1 amide bonds. The molecule has 3 heterocycles. The molecular weight excluding hydrogens is 396 g/mol. The zero-order valence-corrected chi connectivity index (χ0v) is 16.8. The quantitative estimate of drug-likeness (QED) is 0.674. The normalized spacial score (nSPS) is 15.5. The second-order valence-electron chi connectivity index (χ2n) is 6.68. The van der Waals surface area contributed by atoms with Gasteiger partial charge in [-0.3, -0.25) is 4.79 Å². The van der Waals surface area contributed by atoms with Crippen LogP contribution in [0.5, 0.6) is 0 Å². The first kappa shape index (κ1) is 19.4. The van der Waals surface area contributed by atoms with Crippen LogP contribution in [0.3, 0.4) is 0 Å². The number of carbonyl (C=O) groups is 1. The Kier molecular flexibility index (Phi) is 5.03. The van der Waals surface area contributed by atoms with Gasteiger partial charge in [-0.25, -0.2) is 17.9 Å². The number of nitrogens with one attached hydrogen (secondary N) is 1. The van der Waals surface area contributed by atoms with Gasteiger partial charge in [0.2, 0.25) is 15.8 Å². The van der Waals surface area contributed by atoms with Crippen molar-refractivity contribution in [3.8, 4) is 0 Å². The number of ether oxygens (including phenoxy) is 1. The van der Waals surface area contributed by atoms with Crippen molar-refractivity contribution in [3.63, 3.8) is 0 Å². The lowest BCUT2D eigenvalue weighted by Gasteiger charge is -2.26. The highest BCUT2D eigenvalue weighted by molar-refractivity contribution is 7.89. The zero-order valence-electron chi connectivity index (χ0n) is 16.0. The molecule has 0 radical (unpaired) electrons. The molecule has 4 rings (SSSR count). The topological polar surface area (TPSA) is 119 Å². The van der Waals surface area contributed by atoms with Gasteiger partial charge >= 0.3 is 0 Å². The zero-order chi connectivity index (χ0) is 20.6. The fraction of sp³-hybridized carbons (Fsp3) is 0.333. The van der Waals surface area contributed by atoms with E-state index < -0.39 is 15.9 Å². The van der Waals surface area contributed by atoms with Crippen LogP contribution in [0.1, 0.15) is 22.0 Å². The minimum absolute atomic E-state index is 0.0174. The van der Waals surface area contributed by atoms with E-state index in [1.54, 1.807) is 0 Å². The third-order valence-electron chi connectivity index (χ3n) is 4.54. The number of aromatic nitrogens is 4. The van der Waals surface area contributed by atoms with Gasteiger partial charge in [-0.15, -0.1) is 5.10 Å². The Balaban J connectivity index is 1.51. The van der Waals surface area contributed by atoms with Gasteiger partial charge < -0.3 is 10.1 Å². The molecule has 11 heteroatoms. The molecular formula is C18H20N6O4S. The van der Waals surface area contributed by atoms with Crippen molar-refractivity contribution in [2.75, 3.05) is 31.6 Å². The van der Waals surface area contributed by atoms with Gasteiger partial charge in [-0.05, 0) is 44.2 Å². The minimum atomic E-state index is -3.58. The fourth-order valence-corrected chi connectivity index (χ4v) is 4.50. The Morgan fingerprint density at radius 1 is 1.10 bits per heavy atom. The molecule has 152 valence electrons. The van der Waals surface area contributed by atoms with Crippen LogP contribution in [-0.4, -0.2) is 64.5 Å². The van der Waals surface area contributed by atoms with E-state index in [9.17, 15) is 13.2 Å². The van der Waals surface area contributed by atoms with Gasteiger partial charge in [0, 0.05) is 30.2 Å². The van der Waals surface area contributed by atoms with Gasteiger partial charge in [-0.1, -0.05) is 0 Å². The predicted molar refractivity (Wildman–Crippen MR) is 104 cm³/mol. The highest BCUT2D eigenvalue weighted by atomic mass is 32.2. The number of rotatable bonds is 4. The van der Waals surface area contributed by atoms with Crippen LogP contribution in [0.4, 0.5) is 5.69 Å². The van der Waals surface area contributed by atoms with Crippen LogP contribution in [0.2, 0.25) is 0 Å². The molecule has 3 aromatic rings. The maximum atomic E-state index is 12.7. The average Bonchev–Trinajstić information content (AvgIpc) is 3.14. The fourth-order valence-electron chi connectivity index (χ4n) is 3.10. The van der Waals surface area contributed by atoms with Gasteiger partial charge in [-0.2, -0.15) is 9.29 Å². The number of hydrogen-bond acceptors (Lipinski definition) is 7. The molecule has 1 aromatic carbocycles. The summed E-state index contributed by atoms with van der Waals surface area (Å²) in [4.78, 5) is 21.1. The number of carbonyl (C=O) groups excluding carboxylic acids is 1. The number of fused-ring (bicyclic) bond motifs is 1. The first-order valence-electron chi connectivity index (χ1n) is 9.05. The van der Waals surface area contributed by atoms with Crippen LogP contribution < -0.4 is 5.32 Å². The lowest BCUT2D eigenvalue weighted by molar-refractivity contribution is 0.0730. The molecule has 10 nitrogen and oxygen atoms in total. The molecule has 0 bridgehead atoms. The van der Waals surface area contributed by atoms with Crippen molar-refractivity contribution >= 4 is 27.4 Å². The Labute approximate surface area is 167 Å². The van der Waals surface area contributed by atoms with E-state index in [0.717, 1.165) is 11.4 Å². The van der Waals surface area contributed by atoms with Crippen LogP contribution in [0.15, 0.2) is 35.2 Å². The summed E-state index contributed by atoms with van der Waals surface area (Å²) in [7, 11) is -3.58. The summed E-state index contributed by atoms with van der Waals surface area (Å²) in [5.74, 6) is -0.174. The van der Waals surface area contributed by atoms with Crippen molar-refractivity contribution in [1.29, 1.82) is 0 Å². The molecule has 0 saturated carbocycles. The molecule has 0 atom stereocenters. The molecule has 2 aromatic heterocycles. The number of morpholine rings is 1. The van der Waals surface area contributed by atoms with Crippen LogP contribution in [-0.2, 0) is 14.8 Å². The Morgan fingerprint density at radius 2 is 1.79 bits per heavy atom. The first-order chi connectivity index (χ1) is 13.8. The number of nitrogens with zero attached hydrogens (tertiary/aromatic N) is 5. The summed E-state index contributed by atoms with van der Waals surface area (Å²) >= 11 is 0. The molecule has 0 unspecified atom stereocenters. The Morgan fingerprint density at radius 3 is 2.48 bits per heavy atom. The summed E-state index contributed by atoms with van der Waals surface area (Å²) in [5, 5.41) is 6.86. The SMILES string of the molecule is Cc1cc(C)n2nc(C(=O)Nc3ccc(S(=O)(=O)N4CCOCC4)cc3)nc2n1. The summed E-state index contributed by atoms with van der Waals surface area (Å²) in [6.07, 6.45) is 0. The highest BCUT2D eigenvalue weighted by Gasteiger charge is 2.26. The number of aryl methyl sites for hydroxylation is 2. The van der Waals surface area contributed by atoms with Crippen LogP contribution >= 0.6 is 0 Å². The second kappa shape index (κ2) is 7.50. The number of anilines is 1. The number of sulfonamides is 1. The average molecular weight is 416 g/mol. The van der Waals surface area contributed by atoms with Crippen molar-refractivity contribution in [3.05, 3.63) is 47.5 Å². The summed E-state index contributed by atoms with van der Waals surface area (Å²) in [6, 6.07) is 7.85. The van der Waals surface area contributed by atoms with Crippen molar-refractivity contribution in [2.45, 2.75) is 18.7 Å². The van der Waals surface area contributed by atoms with Crippen LogP contribution in [0, 0.1) is 13.8 Å². The van der Waals surface area contributed by atoms with E-state index in [0.29, 0.717) is 37.8 Å². The molecule has 0 aliphatic carbocycles. The number of benzene rings is 1. The monoisotopic (exact) mass is 416 g/mol. The summed E-state index contributed by atoms with van der Waals surface area (Å²) < 4.78 is 33.4. The maximum Gasteiger partial charge on any atom is 0.295 e. The van der Waals surface area contributed by atoms with E-state index >= 15 is 0 Å². The van der Waals surface area contributed by atoms with E-state index in [-0.39, 0.29) is 10.7 Å². The van der Waals surface area contributed by atoms with E-state index in [2.05, 4.69) is 20.4 Å². The van der Waals surface area contributed by atoms with Gasteiger partial charge in [0.05, 0.1) is 18.1 Å². The maximum absolute atomic E-state index is 12.7. The third kappa shape index (κ3) is 3.84. The molecule has 1 fully saturated rings. The third-order valence-corrected chi connectivity index (χ3v) is 6.45. The standard InChI is InChI=1S/C18H20N6O4S/c1-12-11-13(2)24-18(19-12)21-16(22-24)17(25)20-14-3-5-15(6-4-14)29(26,27)23-7-9-28-10-8-23/h3-6,11H,7-10H2,1-2H3,(H,20,25). The van der Waals surface area contributed by atoms with Gasteiger partial charge in [0.1, 0.15) is 0 Å². The van der Waals surface area contributed by atoms with E-state index in [1.165, 1.54) is 33.1 Å². The Bertz CT molecular complexity index is 1170. The molecule has 0 spiro atoms. The van der Waals surface area contributed by atoms with Crippen LogP contribution in [0.25, 0.3) is 5.78 Å². The van der Waals surface area contributed by atoms with E-state index in [1.807, 2.05) is 19.9 Å². The molecule has 29 heavy (non-hydrogen) atoms. The summed E-state index contributed by atoms with van der Waals surface area (Å²) in [6.45, 7) is 5.11. The molecule has 1 aliphatic rings. The van der Waals surface area contributed by atoms with Crippen molar-refractivity contribution in [2.24, 2.45) is 0 Å². The smallest absolute Gasteiger partial charge is 0.295 e. The summed E-state index contributed by atoms with van der Waals surface area (Å²) in [5.41, 5.74) is 2.04. The lowest BCUT2D eigenvalue weighted by atomic mass is 10.3. The van der Waals surface area contributed by atoms with Gasteiger partial charge in [0.25, 0.3) is 11.7 Å². The van der Waals surface area contributed by atoms with E-state index in [4.69, 9.17) is 4.74 Å². The highest BCUT2D eigenvalue weighted by Crippen LogP contribution is 2.19. The van der Waals surface area contributed by atoms with Crippen molar-refractivity contribution in [1.82, 2.24) is 23.9 Å². The largest absolute Gasteiger partial charge is 0.379 e.